The summed E-state index contributed by atoms with van der Waals surface area (Å²) < 4.78 is 11.4. The summed E-state index contributed by atoms with van der Waals surface area (Å²) in [5, 5.41) is 0. The van der Waals surface area contributed by atoms with Crippen LogP contribution in [-0.2, 0) is 9.16 Å². The number of hydrogen-bond donors (Lipinski definition) is 0. The first-order chi connectivity index (χ1) is 6.83. The monoisotopic (exact) mass is 230 g/mol. The molecule has 3 heteroatoms. The first kappa shape index (κ1) is 14.9. The second kappa shape index (κ2) is 7.20. The first-order valence-corrected chi connectivity index (χ1v) is 8.85. The van der Waals surface area contributed by atoms with Crippen molar-refractivity contribution < 1.29 is 9.16 Å². The molecule has 0 unspecified atom stereocenters. The summed E-state index contributed by atoms with van der Waals surface area (Å²) in [4.78, 5) is 0. The summed E-state index contributed by atoms with van der Waals surface area (Å²) in [6.07, 6.45) is 1.45. The van der Waals surface area contributed by atoms with Gasteiger partial charge in [-0.25, -0.2) is 0 Å². The van der Waals surface area contributed by atoms with Gasteiger partial charge in [-0.05, 0) is 46.3 Å². The molecule has 0 N–H and O–H groups in total. The predicted octanol–water partition coefficient (Wildman–Crippen LogP) is 3.60. The fraction of sp³-hybridized carbons (Fsp3) is 0.833. The Balaban J connectivity index is 3.52. The van der Waals surface area contributed by atoms with E-state index in [4.69, 9.17) is 9.16 Å². The van der Waals surface area contributed by atoms with Gasteiger partial charge in [0.1, 0.15) is 0 Å². The van der Waals surface area contributed by atoms with Gasteiger partial charge < -0.3 is 9.16 Å². The second-order valence-corrected chi connectivity index (χ2v) is 9.29. The normalized spacial score (nSPS) is 12.1. The molecule has 0 radical (unpaired) electrons. The minimum atomic E-state index is -1.45. The van der Waals surface area contributed by atoms with Crippen molar-refractivity contribution in [3.63, 3.8) is 0 Å². The highest BCUT2D eigenvalue weighted by Crippen LogP contribution is 2.15. The molecule has 0 aliphatic heterocycles. The summed E-state index contributed by atoms with van der Waals surface area (Å²) in [5.41, 5.74) is 1.09. The average Bonchev–Trinajstić information content (AvgIpc) is 1.99. The summed E-state index contributed by atoms with van der Waals surface area (Å²) >= 11 is 0. The number of rotatable bonds is 8. The SMILES string of the molecule is C=C(C)COCCC[Si](C)(C)OC(C)C. The van der Waals surface area contributed by atoms with E-state index < -0.39 is 8.32 Å². The molecule has 2 nitrogen and oxygen atoms in total. The van der Waals surface area contributed by atoms with Crippen LogP contribution in [0.4, 0.5) is 0 Å². The Kier molecular flexibility index (Phi) is 7.14. The highest BCUT2D eigenvalue weighted by Gasteiger charge is 2.22. The van der Waals surface area contributed by atoms with Crippen molar-refractivity contribution in [2.75, 3.05) is 13.2 Å². The van der Waals surface area contributed by atoms with Gasteiger partial charge >= 0.3 is 0 Å². The van der Waals surface area contributed by atoms with Gasteiger partial charge in [-0.3, -0.25) is 0 Å². The maximum absolute atomic E-state index is 5.93. The highest BCUT2D eigenvalue weighted by atomic mass is 28.4. The minimum Gasteiger partial charge on any atom is -0.415 e. The molecule has 0 rings (SSSR count). The van der Waals surface area contributed by atoms with Gasteiger partial charge in [0, 0.05) is 12.7 Å². The fourth-order valence-corrected chi connectivity index (χ4v) is 3.93. The Morgan fingerprint density at radius 1 is 1.33 bits per heavy atom. The lowest BCUT2D eigenvalue weighted by Crippen LogP contribution is -2.33. The lowest BCUT2D eigenvalue weighted by molar-refractivity contribution is 0.154. The Hall–Kier alpha value is -0.123. The van der Waals surface area contributed by atoms with Crippen LogP contribution >= 0.6 is 0 Å². The highest BCUT2D eigenvalue weighted by molar-refractivity contribution is 6.71. The Labute approximate surface area is 95.8 Å². The zero-order chi connectivity index (χ0) is 11.9. The third-order valence-electron chi connectivity index (χ3n) is 1.97. The lowest BCUT2D eigenvalue weighted by Gasteiger charge is -2.25. The van der Waals surface area contributed by atoms with Crippen LogP contribution in [0.1, 0.15) is 27.2 Å². The molecule has 0 bridgehead atoms. The Morgan fingerprint density at radius 3 is 2.40 bits per heavy atom. The van der Waals surface area contributed by atoms with Gasteiger partial charge in [-0.2, -0.15) is 0 Å². The largest absolute Gasteiger partial charge is 0.415 e. The zero-order valence-electron chi connectivity index (χ0n) is 10.9. The zero-order valence-corrected chi connectivity index (χ0v) is 11.9. The summed E-state index contributed by atoms with van der Waals surface area (Å²) in [5.74, 6) is 0. The van der Waals surface area contributed by atoms with Crippen LogP contribution in [0.25, 0.3) is 0 Å². The molecule has 0 aliphatic rings. The van der Waals surface area contributed by atoms with Gasteiger partial charge in [0.15, 0.2) is 8.32 Å². The standard InChI is InChI=1S/C12H26O2Si/c1-11(2)10-13-8-7-9-15(5,6)14-12(3)4/h12H,1,7-10H2,2-6H3. The summed E-state index contributed by atoms with van der Waals surface area (Å²) in [6, 6.07) is 1.17. The molecule has 0 aromatic heterocycles. The molecule has 0 fully saturated rings. The molecule has 90 valence electrons. The van der Waals surface area contributed by atoms with Crippen molar-refractivity contribution in [2.45, 2.75) is 52.4 Å². The molecule has 0 amide bonds. The van der Waals surface area contributed by atoms with Gasteiger partial charge in [-0.1, -0.05) is 12.2 Å². The van der Waals surface area contributed by atoms with Crippen LogP contribution in [0.15, 0.2) is 12.2 Å². The average molecular weight is 230 g/mol. The Bertz CT molecular complexity index is 188. The Morgan fingerprint density at radius 2 is 1.93 bits per heavy atom. The third-order valence-corrected chi connectivity index (χ3v) is 4.64. The topological polar surface area (TPSA) is 18.5 Å². The maximum atomic E-state index is 5.93. The summed E-state index contributed by atoms with van der Waals surface area (Å²) in [6.45, 7) is 16.0. The molecule has 0 saturated heterocycles. The second-order valence-electron chi connectivity index (χ2n) is 5.04. The van der Waals surface area contributed by atoms with Crippen molar-refractivity contribution >= 4 is 8.32 Å². The van der Waals surface area contributed by atoms with E-state index in [1.807, 2.05) is 6.92 Å². The molecule has 0 heterocycles. The third kappa shape index (κ3) is 10.2. The first-order valence-electron chi connectivity index (χ1n) is 5.73. The van der Waals surface area contributed by atoms with E-state index in [1.165, 1.54) is 6.04 Å². The molecule has 0 saturated carbocycles. The smallest absolute Gasteiger partial charge is 0.187 e. The minimum absolute atomic E-state index is 0.350. The van der Waals surface area contributed by atoms with Crippen LogP contribution < -0.4 is 0 Å². The molecule has 15 heavy (non-hydrogen) atoms. The fourth-order valence-electron chi connectivity index (χ4n) is 1.54. The summed E-state index contributed by atoms with van der Waals surface area (Å²) in [7, 11) is -1.45. The number of hydrogen-bond acceptors (Lipinski definition) is 2. The predicted molar refractivity (Wildman–Crippen MR) is 68.8 cm³/mol. The maximum Gasteiger partial charge on any atom is 0.187 e. The van der Waals surface area contributed by atoms with Gasteiger partial charge in [-0.15, -0.1) is 0 Å². The van der Waals surface area contributed by atoms with Crippen molar-refractivity contribution in [2.24, 2.45) is 0 Å². The molecule has 0 aromatic rings. The van der Waals surface area contributed by atoms with Gasteiger partial charge in [0.2, 0.25) is 0 Å². The van der Waals surface area contributed by atoms with Crippen LogP contribution in [-0.4, -0.2) is 27.6 Å². The van der Waals surface area contributed by atoms with Crippen LogP contribution in [0.3, 0.4) is 0 Å². The van der Waals surface area contributed by atoms with Gasteiger partial charge in [0.05, 0.1) is 6.61 Å². The van der Waals surface area contributed by atoms with E-state index in [0.717, 1.165) is 18.6 Å². The molecule has 0 spiro atoms. The van der Waals surface area contributed by atoms with E-state index in [1.54, 1.807) is 0 Å². The van der Waals surface area contributed by atoms with Crippen LogP contribution in [0.2, 0.25) is 19.1 Å². The van der Waals surface area contributed by atoms with Crippen LogP contribution in [0.5, 0.6) is 0 Å². The molecular weight excluding hydrogens is 204 g/mol. The molecule has 0 aromatic carbocycles. The lowest BCUT2D eigenvalue weighted by atomic mass is 10.4. The van der Waals surface area contributed by atoms with E-state index in [9.17, 15) is 0 Å². The van der Waals surface area contributed by atoms with E-state index in [-0.39, 0.29) is 0 Å². The van der Waals surface area contributed by atoms with Crippen LogP contribution in [0, 0.1) is 0 Å². The van der Waals surface area contributed by atoms with Crippen molar-refractivity contribution in [1.29, 1.82) is 0 Å². The van der Waals surface area contributed by atoms with Crippen molar-refractivity contribution in [3.05, 3.63) is 12.2 Å². The van der Waals surface area contributed by atoms with Gasteiger partial charge in [0.25, 0.3) is 0 Å². The molecular formula is C12H26O2Si. The van der Waals surface area contributed by atoms with E-state index in [2.05, 4.69) is 33.5 Å². The van der Waals surface area contributed by atoms with E-state index >= 15 is 0 Å². The molecule has 0 atom stereocenters. The van der Waals surface area contributed by atoms with E-state index in [0.29, 0.717) is 12.7 Å². The number of ether oxygens (including phenoxy) is 1. The molecule has 0 aliphatic carbocycles. The van der Waals surface area contributed by atoms with Crippen molar-refractivity contribution in [1.82, 2.24) is 0 Å². The quantitative estimate of drug-likeness (QED) is 0.360. The van der Waals surface area contributed by atoms with Crippen molar-refractivity contribution in [3.8, 4) is 0 Å².